The van der Waals surface area contributed by atoms with Crippen LogP contribution in [0, 0.1) is 11.3 Å². The van der Waals surface area contributed by atoms with E-state index in [1.807, 2.05) is 0 Å². The second-order valence-electron chi connectivity index (χ2n) is 3.10. The highest BCUT2D eigenvalue weighted by atomic mass is 15.2. The number of hydrogen-bond donors (Lipinski definition) is 1. The first-order valence-corrected chi connectivity index (χ1v) is 4.23. The van der Waals surface area contributed by atoms with E-state index in [1.54, 1.807) is 6.08 Å². The Labute approximate surface area is 68.4 Å². The van der Waals surface area contributed by atoms with Crippen molar-refractivity contribution < 1.29 is 0 Å². The fraction of sp³-hybridized carbons (Fsp3) is 0.667. The van der Waals surface area contributed by atoms with Gasteiger partial charge in [-0.15, -0.1) is 0 Å². The first-order valence-electron chi connectivity index (χ1n) is 4.23. The van der Waals surface area contributed by atoms with Gasteiger partial charge in [-0.3, -0.25) is 5.41 Å². The van der Waals surface area contributed by atoms with Crippen LogP contribution in [-0.4, -0.2) is 23.8 Å². The zero-order chi connectivity index (χ0) is 8.27. The molecule has 0 spiro atoms. The minimum Gasteiger partial charge on any atom is -0.357 e. The van der Waals surface area contributed by atoms with Gasteiger partial charge in [-0.1, -0.05) is 19.9 Å². The number of nitrogens with one attached hydrogen (secondary N) is 1. The molecule has 2 heteroatoms. The van der Waals surface area contributed by atoms with Gasteiger partial charge in [0.2, 0.25) is 0 Å². The third-order valence-corrected chi connectivity index (χ3v) is 2.40. The summed E-state index contributed by atoms with van der Waals surface area (Å²) in [6.45, 7) is 7.91. The van der Waals surface area contributed by atoms with Gasteiger partial charge in [0, 0.05) is 13.1 Å². The lowest BCUT2D eigenvalue weighted by molar-refractivity contribution is 0.472. The minimum atomic E-state index is 0.584. The van der Waals surface area contributed by atoms with Crippen molar-refractivity contribution in [1.82, 2.24) is 4.90 Å². The molecule has 1 atom stereocenters. The maximum atomic E-state index is 7.51. The molecule has 62 valence electrons. The maximum absolute atomic E-state index is 7.51. The molecule has 0 unspecified atom stereocenters. The standard InChI is InChI=1S/C9H16N2/c1-3-8-5-6-11(7-8)9(10)4-2/h4,8,10H,2-3,5-7H2,1H3/t8-/m0/s1. The van der Waals surface area contributed by atoms with E-state index in [2.05, 4.69) is 18.4 Å². The van der Waals surface area contributed by atoms with E-state index in [1.165, 1.54) is 12.8 Å². The van der Waals surface area contributed by atoms with Gasteiger partial charge in [0.15, 0.2) is 0 Å². The Kier molecular flexibility index (Phi) is 2.69. The first-order chi connectivity index (χ1) is 5.27. The predicted octanol–water partition coefficient (Wildman–Crippen LogP) is 1.88. The van der Waals surface area contributed by atoms with Crippen LogP contribution in [0.2, 0.25) is 0 Å². The van der Waals surface area contributed by atoms with Crippen LogP contribution in [0.3, 0.4) is 0 Å². The molecule has 1 N–H and O–H groups in total. The SMILES string of the molecule is C=CC(=N)N1CC[C@H](CC)C1. The van der Waals surface area contributed by atoms with E-state index in [0.29, 0.717) is 5.84 Å². The van der Waals surface area contributed by atoms with E-state index in [-0.39, 0.29) is 0 Å². The van der Waals surface area contributed by atoms with Crippen molar-refractivity contribution >= 4 is 5.84 Å². The van der Waals surface area contributed by atoms with Gasteiger partial charge in [0.05, 0.1) is 0 Å². The molecule has 11 heavy (non-hydrogen) atoms. The lowest BCUT2D eigenvalue weighted by Crippen LogP contribution is -2.25. The molecule has 0 aromatic rings. The van der Waals surface area contributed by atoms with Crippen molar-refractivity contribution in [2.45, 2.75) is 19.8 Å². The van der Waals surface area contributed by atoms with Crippen LogP contribution in [-0.2, 0) is 0 Å². The molecule has 0 aromatic carbocycles. The van der Waals surface area contributed by atoms with E-state index in [0.717, 1.165) is 19.0 Å². The fourth-order valence-corrected chi connectivity index (χ4v) is 1.51. The van der Waals surface area contributed by atoms with Gasteiger partial charge in [0.1, 0.15) is 5.84 Å². The minimum absolute atomic E-state index is 0.584. The van der Waals surface area contributed by atoms with E-state index in [9.17, 15) is 0 Å². The van der Waals surface area contributed by atoms with Crippen molar-refractivity contribution in [2.75, 3.05) is 13.1 Å². The third-order valence-electron chi connectivity index (χ3n) is 2.40. The molecule has 1 saturated heterocycles. The molecule has 0 saturated carbocycles. The number of nitrogens with zero attached hydrogens (tertiary/aromatic N) is 1. The summed E-state index contributed by atoms with van der Waals surface area (Å²) in [5.74, 6) is 1.39. The highest BCUT2D eigenvalue weighted by molar-refractivity contribution is 5.89. The molecular weight excluding hydrogens is 136 g/mol. The van der Waals surface area contributed by atoms with Gasteiger partial charge < -0.3 is 4.90 Å². The lowest BCUT2D eigenvalue weighted by Gasteiger charge is -2.15. The van der Waals surface area contributed by atoms with Crippen molar-refractivity contribution in [3.05, 3.63) is 12.7 Å². The molecule has 0 amide bonds. The Morgan fingerprint density at radius 2 is 2.55 bits per heavy atom. The summed E-state index contributed by atoms with van der Waals surface area (Å²) >= 11 is 0. The van der Waals surface area contributed by atoms with Crippen LogP contribution >= 0.6 is 0 Å². The Bertz CT molecular complexity index is 163. The van der Waals surface area contributed by atoms with Crippen molar-refractivity contribution in [3.63, 3.8) is 0 Å². The first kappa shape index (κ1) is 8.31. The molecular formula is C9H16N2. The molecule has 1 aliphatic heterocycles. The second-order valence-corrected chi connectivity index (χ2v) is 3.10. The smallest absolute Gasteiger partial charge is 0.119 e. The van der Waals surface area contributed by atoms with Crippen LogP contribution in [0.15, 0.2) is 12.7 Å². The van der Waals surface area contributed by atoms with Crippen molar-refractivity contribution in [3.8, 4) is 0 Å². The third kappa shape index (κ3) is 1.82. The second kappa shape index (κ2) is 3.56. The topological polar surface area (TPSA) is 27.1 Å². The van der Waals surface area contributed by atoms with Gasteiger partial charge in [0.25, 0.3) is 0 Å². The summed E-state index contributed by atoms with van der Waals surface area (Å²) in [7, 11) is 0. The van der Waals surface area contributed by atoms with E-state index >= 15 is 0 Å². The van der Waals surface area contributed by atoms with Gasteiger partial charge in [-0.2, -0.15) is 0 Å². The quantitative estimate of drug-likeness (QED) is 0.474. The monoisotopic (exact) mass is 152 g/mol. The predicted molar refractivity (Wildman–Crippen MR) is 47.9 cm³/mol. The van der Waals surface area contributed by atoms with Crippen LogP contribution in [0.4, 0.5) is 0 Å². The summed E-state index contributed by atoms with van der Waals surface area (Å²) in [4.78, 5) is 2.10. The molecule has 0 aliphatic carbocycles. The number of amidine groups is 1. The average Bonchev–Trinajstić information content (AvgIpc) is 2.50. The van der Waals surface area contributed by atoms with Gasteiger partial charge in [-0.05, 0) is 18.4 Å². The van der Waals surface area contributed by atoms with Crippen LogP contribution in [0.1, 0.15) is 19.8 Å². The van der Waals surface area contributed by atoms with Crippen molar-refractivity contribution in [1.29, 1.82) is 5.41 Å². The summed E-state index contributed by atoms with van der Waals surface area (Å²) in [5.41, 5.74) is 0. The largest absolute Gasteiger partial charge is 0.357 e. The highest BCUT2D eigenvalue weighted by Gasteiger charge is 2.21. The molecule has 0 bridgehead atoms. The molecule has 2 nitrogen and oxygen atoms in total. The summed E-state index contributed by atoms with van der Waals surface area (Å²) in [6, 6.07) is 0. The fourth-order valence-electron chi connectivity index (χ4n) is 1.51. The normalized spacial score (nSPS) is 23.7. The molecule has 1 fully saturated rings. The molecule has 0 radical (unpaired) electrons. The molecule has 1 heterocycles. The van der Waals surface area contributed by atoms with Crippen molar-refractivity contribution in [2.24, 2.45) is 5.92 Å². The Balaban J connectivity index is 2.41. The average molecular weight is 152 g/mol. The number of rotatable bonds is 2. The Morgan fingerprint density at radius 3 is 3.00 bits per heavy atom. The van der Waals surface area contributed by atoms with E-state index in [4.69, 9.17) is 5.41 Å². The summed E-state index contributed by atoms with van der Waals surface area (Å²) in [6.07, 6.45) is 4.10. The lowest BCUT2D eigenvalue weighted by atomic mass is 10.1. The zero-order valence-electron chi connectivity index (χ0n) is 7.14. The Hall–Kier alpha value is -0.790. The van der Waals surface area contributed by atoms with Crippen LogP contribution < -0.4 is 0 Å². The number of hydrogen-bond acceptors (Lipinski definition) is 1. The number of likely N-dealkylation sites (tertiary alicyclic amines) is 1. The zero-order valence-corrected chi connectivity index (χ0v) is 7.14. The highest BCUT2D eigenvalue weighted by Crippen LogP contribution is 2.18. The molecule has 0 aromatic heterocycles. The van der Waals surface area contributed by atoms with E-state index < -0.39 is 0 Å². The van der Waals surface area contributed by atoms with Crippen LogP contribution in [0.5, 0.6) is 0 Å². The molecule has 1 aliphatic rings. The molecule has 1 rings (SSSR count). The summed E-state index contributed by atoms with van der Waals surface area (Å²) in [5, 5.41) is 7.51. The van der Waals surface area contributed by atoms with Gasteiger partial charge in [-0.25, -0.2) is 0 Å². The maximum Gasteiger partial charge on any atom is 0.119 e. The van der Waals surface area contributed by atoms with Gasteiger partial charge >= 0.3 is 0 Å². The summed E-state index contributed by atoms with van der Waals surface area (Å²) < 4.78 is 0. The Morgan fingerprint density at radius 1 is 1.82 bits per heavy atom. The van der Waals surface area contributed by atoms with Crippen LogP contribution in [0.25, 0.3) is 0 Å².